The number of nitrogens with zero attached hydrogens (tertiary/aromatic N) is 2. The molecule has 1 heterocycles. The molecule has 1 saturated heterocycles. The third-order valence-electron chi connectivity index (χ3n) is 4.31. The smallest absolute Gasteiger partial charge is 0.410 e. The molecular formula is C19H28N2O4. The molecule has 0 bridgehead atoms. The SMILES string of the molecule is CN(C)C(=O)COCC1CCCCN(C(=O)OCc2ccccc2)C1. The van der Waals surface area contributed by atoms with Crippen LogP contribution in [0.15, 0.2) is 30.3 Å². The highest BCUT2D eigenvalue weighted by Crippen LogP contribution is 2.18. The van der Waals surface area contributed by atoms with Crippen LogP contribution in [0.4, 0.5) is 4.79 Å². The van der Waals surface area contributed by atoms with Crippen LogP contribution in [0.3, 0.4) is 0 Å². The van der Waals surface area contributed by atoms with Crippen molar-refractivity contribution in [3.8, 4) is 0 Å². The normalized spacial score (nSPS) is 17.7. The summed E-state index contributed by atoms with van der Waals surface area (Å²) in [6.45, 7) is 2.18. The number of carbonyl (C=O) groups is 2. The maximum absolute atomic E-state index is 12.3. The van der Waals surface area contributed by atoms with Crippen molar-refractivity contribution >= 4 is 12.0 Å². The highest BCUT2D eigenvalue weighted by Gasteiger charge is 2.23. The molecule has 1 aliphatic rings. The maximum Gasteiger partial charge on any atom is 0.410 e. The number of rotatable bonds is 6. The second kappa shape index (κ2) is 10.0. The second-order valence-corrected chi connectivity index (χ2v) is 6.65. The Balaban J connectivity index is 1.77. The lowest BCUT2D eigenvalue weighted by Gasteiger charge is -2.24. The molecule has 0 radical (unpaired) electrons. The van der Waals surface area contributed by atoms with E-state index in [1.54, 1.807) is 19.0 Å². The molecule has 138 valence electrons. The molecule has 1 atom stereocenters. The summed E-state index contributed by atoms with van der Waals surface area (Å²) in [5.74, 6) is 0.189. The van der Waals surface area contributed by atoms with E-state index in [-0.39, 0.29) is 31.1 Å². The number of likely N-dealkylation sites (tertiary alicyclic amines) is 1. The third kappa shape index (κ3) is 6.74. The molecule has 1 aliphatic heterocycles. The van der Waals surface area contributed by atoms with Gasteiger partial charge in [-0.3, -0.25) is 4.79 Å². The van der Waals surface area contributed by atoms with E-state index in [9.17, 15) is 9.59 Å². The van der Waals surface area contributed by atoms with Crippen molar-refractivity contribution in [2.24, 2.45) is 5.92 Å². The summed E-state index contributed by atoms with van der Waals surface area (Å²) in [7, 11) is 3.42. The van der Waals surface area contributed by atoms with Crippen molar-refractivity contribution in [1.29, 1.82) is 0 Å². The Morgan fingerprint density at radius 2 is 1.96 bits per heavy atom. The zero-order valence-corrected chi connectivity index (χ0v) is 15.1. The standard InChI is InChI=1S/C19H28N2O4/c1-20(2)18(22)15-24-13-17-10-6-7-11-21(12-17)19(23)25-14-16-8-4-3-5-9-16/h3-5,8-9,17H,6-7,10-15H2,1-2H3. The van der Waals surface area contributed by atoms with Gasteiger partial charge in [0.05, 0.1) is 6.61 Å². The van der Waals surface area contributed by atoms with Crippen LogP contribution in [0.1, 0.15) is 24.8 Å². The predicted octanol–water partition coefficient (Wildman–Crippen LogP) is 2.53. The van der Waals surface area contributed by atoms with Crippen LogP contribution in [-0.4, -0.2) is 62.2 Å². The minimum atomic E-state index is -0.278. The van der Waals surface area contributed by atoms with Gasteiger partial charge in [-0.2, -0.15) is 0 Å². The molecule has 0 N–H and O–H groups in total. The number of ether oxygens (including phenoxy) is 2. The number of amides is 2. The topological polar surface area (TPSA) is 59.1 Å². The number of hydrogen-bond acceptors (Lipinski definition) is 4. The molecule has 0 aromatic heterocycles. The Labute approximate surface area is 149 Å². The van der Waals surface area contributed by atoms with Gasteiger partial charge in [-0.1, -0.05) is 36.8 Å². The summed E-state index contributed by atoms with van der Waals surface area (Å²) in [4.78, 5) is 27.2. The molecule has 25 heavy (non-hydrogen) atoms. The number of carbonyl (C=O) groups excluding carboxylic acids is 2. The van der Waals surface area contributed by atoms with Gasteiger partial charge in [-0.15, -0.1) is 0 Å². The van der Waals surface area contributed by atoms with Gasteiger partial charge < -0.3 is 19.3 Å². The summed E-state index contributed by atoms with van der Waals surface area (Å²) in [6, 6.07) is 9.67. The summed E-state index contributed by atoms with van der Waals surface area (Å²) >= 11 is 0. The van der Waals surface area contributed by atoms with Gasteiger partial charge in [0.15, 0.2) is 0 Å². The van der Waals surface area contributed by atoms with Crippen molar-refractivity contribution in [1.82, 2.24) is 9.80 Å². The first-order valence-electron chi connectivity index (χ1n) is 8.80. The summed E-state index contributed by atoms with van der Waals surface area (Å²) < 4.78 is 11.0. The zero-order chi connectivity index (χ0) is 18.1. The molecule has 2 rings (SSSR count). The van der Waals surface area contributed by atoms with E-state index in [1.165, 1.54) is 4.90 Å². The average Bonchev–Trinajstić information content (AvgIpc) is 2.86. The quantitative estimate of drug-likeness (QED) is 0.793. The molecule has 1 unspecified atom stereocenters. The maximum atomic E-state index is 12.3. The molecule has 1 aromatic carbocycles. The van der Waals surface area contributed by atoms with Crippen molar-refractivity contribution in [2.45, 2.75) is 25.9 Å². The first kappa shape index (κ1) is 19.2. The van der Waals surface area contributed by atoms with E-state index in [0.717, 1.165) is 24.8 Å². The lowest BCUT2D eigenvalue weighted by atomic mass is 10.0. The van der Waals surface area contributed by atoms with Crippen LogP contribution in [0.2, 0.25) is 0 Å². The van der Waals surface area contributed by atoms with Crippen LogP contribution in [0.25, 0.3) is 0 Å². The van der Waals surface area contributed by atoms with Crippen molar-refractivity contribution in [3.63, 3.8) is 0 Å². The van der Waals surface area contributed by atoms with Gasteiger partial charge in [0.1, 0.15) is 13.2 Å². The first-order chi connectivity index (χ1) is 12.1. The van der Waals surface area contributed by atoms with Crippen LogP contribution in [0, 0.1) is 5.92 Å². The minimum Gasteiger partial charge on any atom is -0.445 e. The fourth-order valence-electron chi connectivity index (χ4n) is 2.78. The van der Waals surface area contributed by atoms with Gasteiger partial charge in [0.2, 0.25) is 5.91 Å². The summed E-state index contributed by atoms with van der Waals surface area (Å²) in [5.41, 5.74) is 0.979. The Hall–Kier alpha value is -2.08. The first-order valence-corrected chi connectivity index (χ1v) is 8.80. The molecule has 2 amide bonds. The number of likely N-dealkylation sites (N-methyl/N-ethyl adjacent to an activating group) is 1. The van der Waals surface area contributed by atoms with Crippen molar-refractivity contribution in [2.75, 3.05) is 40.4 Å². The second-order valence-electron chi connectivity index (χ2n) is 6.65. The van der Waals surface area contributed by atoms with Crippen LogP contribution < -0.4 is 0 Å². The number of hydrogen-bond donors (Lipinski definition) is 0. The Morgan fingerprint density at radius 3 is 2.68 bits per heavy atom. The van der Waals surface area contributed by atoms with E-state index < -0.39 is 0 Å². The fourth-order valence-corrected chi connectivity index (χ4v) is 2.78. The molecule has 6 heteroatoms. The number of benzene rings is 1. The lowest BCUT2D eigenvalue weighted by molar-refractivity contribution is -0.134. The van der Waals surface area contributed by atoms with Crippen LogP contribution in [-0.2, 0) is 20.9 Å². The highest BCUT2D eigenvalue weighted by molar-refractivity contribution is 5.76. The lowest BCUT2D eigenvalue weighted by Crippen LogP contribution is -2.36. The van der Waals surface area contributed by atoms with E-state index in [1.807, 2.05) is 30.3 Å². The van der Waals surface area contributed by atoms with Crippen LogP contribution >= 0.6 is 0 Å². The largest absolute Gasteiger partial charge is 0.445 e. The van der Waals surface area contributed by atoms with Gasteiger partial charge in [-0.25, -0.2) is 4.79 Å². The van der Waals surface area contributed by atoms with E-state index in [0.29, 0.717) is 19.7 Å². The van der Waals surface area contributed by atoms with E-state index >= 15 is 0 Å². The molecule has 6 nitrogen and oxygen atoms in total. The summed E-state index contributed by atoms with van der Waals surface area (Å²) in [5, 5.41) is 0. The molecular weight excluding hydrogens is 320 g/mol. The molecule has 1 fully saturated rings. The predicted molar refractivity (Wildman–Crippen MR) is 95.1 cm³/mol. The average molecular weight is 348 g/mol. The monoisotopic (exact) mass is 348 g/mol. The Bertz CT molecular complexity index is 548. The Morgan fingerprint density at radius 1 is 1.20 bits per heavy atom. The van der Waals surface area contributed by atoms with Gasteiger partial charge in [0, 0.05) is 33.1 Å². The highest BCUT2D eigenvalue weighted by atomic mass is 16.6. The van der Waals surface area contributed by atoms with Gasteiger partial charge in [-0.05, 0) is 18.4 Å². The molecule has 0 saturated carbocycles. The summed E-state index contributed by atoms with van der Waals surface area (Å²) in [6.07, 6.45) is 2.74. The third-order valence-corrected chi connectivity index (χ3v) is 4.31. The van der Waals surface area contributed by atoms with E-state index in [2.05, 4.69) is 0 Å². The Kier molecular flexibility index (Phi) is 7.73. The zero-order valence-electron chi connectivity index (χ0n) is 15.1. The fraction of sp³-hybridized carbons (Fsp3) is 0.579. The van der Waals surface area contributed by atoms with Crippen molar-refractivity contribution < 1.29 is 19.1 Å². The van der Waals surface area contributed by atoms with E-state index in [4.69, 9.17) is 9.47 Å². The molecule has 0 aliphatic carbocycles. The van der Waals surface area contributed by atoms with Crippen molar-refractivity contribution in [3.05, 3.63) is 35.9 Å². The molecule has 1 aromatic rings. The van der Waals surface area contributed by atoms with Gasteiger partial charge >= 0.3 is 6.09 Å². The molecule has 0 spiro atoms. The van der Waals surface area contributed by atoms with Gasteiger partial charge in [0.25, 0.3) is 0 Å². The van der Waals surface area contributed by atoms with Crippen LogP contribution in [0.5, 0.6) is 0 Å². The minimum absolute atomic E-state index is 0.0484.